The number of phenolic OH excluding ortho intramolecular Hbond substituents is 1. The summed E-state index contributed by atoms with van der Waals surface area (Å²) in [6.07, 6.45) is 0.701. The number of carbonyl (C=O) groups excluding carboxylic acids is 1. The second-order valence-corrected chi connectivity index (χ2v) is 8.28. The first-order valence-electron chi connectivity index (χ1n) is 10.7. The molecule has 2 aromatic carbocycles. The van der Waals surface area contributed by atoms with Crippen LogP contribution in [-0.4, -0.2) is 42.3 Å². The first kappa shape index (κ1) is 21.9. The highest BCUT2D eigenvalue weighted by Crippen LogP contribution is 2.40. The van der Waals surface area contributed by atoms with Crippen LogP contribution in [-0.2, 0) is 4.74 Å². The number of nitrogens with zero attached hydrogens (tertiary/aromatic N) is 1. The highest BCUT2D eigenvalue weighted by molar-refractivity contribution is 5.99. The Morgan fingerprint density at radius 3 is 2.66 bits per heavy atom. The molecule has 7 nitrogen and oxygen atoms in total. The van der Waals surface area contributed by atoms with Crippen LogP contribution in [0.5, 0.6) is 11.5 Å². The maximum Gasteiger partial charge on any atom is 0.290 e. The van der Waals surface area contributed by atoms with E-state index in [2.05, 4.69) is 0 Å². The van der Waals surface area contributed by atoms with Crippen molar-refractivity contribution in [2.45, 2.75) is 39.3 Å². The SMILES string of the molecule is COc1cc([C@H]2c3c(oc4ccc(C)cc4c3=O)C(=O)N2CCCOC(C)C)ccc1O. The van der Waals surface area contributed by atoms with E-state index in [9.17, 15) is 14.7 Å². The Morgan fingerprint density at radius 2 is 1.94 bits per heavy atom. The van der Waals surface area contributed by atoms with E-state index in [0.717, 1.165) is 5.56 Å². The van der Waals surface area contributed by atoms with Crippen LogP contribution in [0.15, 0.2) is 45.6 Å². The first-order chi connectivity index (χ1) is 15.3. The largest absolute Gasteiger partial charge is 0.504 e. The minimum Gasteiger partial charge on any atom is -0.504 e. The summed E-state index contributed by atoms with van der Waals surface area (Å²) < 4.78 is 16.8. The molecule has 1 aliphatic heterocycles. The number of ether oxygens (including phenoxy) is 2. The van der Waals surface area contributed by atoms with E-state index in [0.29, 0.717) is 41.7 Å². The molecule has 3 aromatic rings. The third-order valence-electron chi connectivity index (χ3n) is 5.64. The van der Waals surface area contributed by atoms with Gasteiger partial charge in [0.1, 0.15) is 5.58 Å². The van der Waals surface area contributed by atoms with Crippen molar-refractivity contribution in [2.24, 2.45) is 0 Å². The lowest BCUT2D eigenvalue weighted by Crippen LogP contribution is -2.31. The summed E-state index contributed by atoms with van der Waals surface area (Å²) in [5.74, 6) is -0.0132. The standard InChI is InChI=1S/C25H27NO6/c1-14(2)31-11-5-10-26-22(16-7-8-18(27)20(13-16)30-4)21-23(28)17-12-15(3)6-9-19(17)32-24(21)25(26)29/h6-9,12-14,22,27H,5,10-11H2,1-4H3/t22-/m0/s1. The van der Waals surface area contributed by atoms with E-state index in [1.807, 2.05) is 26.8 Å². The zero-order valence-corrected chi connectivity index (χ0v) is 18.7. The van der Waals surface area contributed by atoms with Crippen molar-refractivity contribution < 1.29 is 23.8 Å². The Kier molecular flexibility index (Phi) is 5.93. The highest BCUT2D eigenvalue weighted by atomic mass is 16.5. The molecule has 0 fully saturated rings. The van der Waals surface area contributed by atoms with Crippen LogP contribution in [0, 0.1) is 6.92 Å². The summed E-state index contributed by atoms with van der Waals surface area (Å²) in [5.41, 5.74) is 2.07. The Labute approximate surface area is 186 Å². The molecule has 1 atom stereocenters. The molecule has 0 unspecified atom stereocenters. The molecule has 1 aromatic heterocycles. The van der Waals surface area contributed by atoms with Crippen LogP contribution in [0.25, 0.3) is 11.0 Å². The van der Waals surface area contributed by atoms with Gasteiger partial charge < -0.3 is 23.9 Å². The summed E-state index contributed by atoms with van der Waals surface area (Å²) >= 11 is 0. The van der Waals surface area contributed by atoms with E-state index in [4.69, 9.17) is 13.9 Å². The monoisotopic (exact) mass is 437 g/mol. The molecule has 0 aliphatic carbocycles. The maximum atomic E-state index is 13.5. The third kappa shape index (κ3) is 3.84. The average molecular weight is 437 g/mol. The van der Waals surface area contributed by atoms with Crippen molar-refractivity contribution in [2.75, 3.05) is 20.3 Å². The summed E-state index contributed by atoms with van der Waals surface area (Å²) in [7, 11) is 1.46. The Hall–Kier alpha value is -3.32. The summed E-state index contributed by atoms with van der Waals surface area (Å²) in [6, 6.07) is 9.55. The predicted octanol–water partition coefficient (Wildman–Crippen LogP) is 4.18. The number of carbonyl (C=O) groups is 1. The number of benzene rings is 2. The lowest BCUT2D eigenvalue weighted by Gasteiger charge is -2.25. The molecule has 2 heterocycles. The highest BCUT2D eigenvalue weighted by Gasteiger charge is 2.42. The number of aryl methyl sites for hydroxylation is 1. The molecule has 32 heavy (non-hydrogen) atoms. The number of aromatic hydroxyl groups is 1. The van der Waals surface area contributed by atoms with Crippen LogP contribution in [0.3, 0.4) is 0 Å². The Bertz CT molecular complexity index is 1230. The number of methoxy groups -OCH3 is 1. The van der Waals surface area contributed by atoms with Gasteiger partial charge in [-0.25, -0.2) is 0 Å². The molecular formula is C25H27NO6. The van der Waals surface area contributed by atoms with Gasteiger partial charge >= 0.3 is 0 Å². The molecule has 1 aliphatic rings. The van der Waals surface area contributed by atoms with E-state index in [1.165, 1.54) is 13.2 Å². The van der Waals surface area contributed by atoms with Crippen LogP contribution < -0.4 is 10.2 Å². The van der Waals surface area contributed by atoms with E-state index < -0.39 is 6.04 Å². The molecule has 1 N–H and O–H groups in total. The number of hydrogen-bond donors (Lipinski definition) is 1. The maximum absolute atomic E-state index is 13.5. The normalized spacial score (nSPS) is 15.6. The fourth-order valence-corrected chi connectivity index (χ4v) is 4.13. The van der Waals surface area contributed by atoms with Crippen molar-refractivity contribution in [1.29, 1.82) is 0 Å². The van der Waals surface area contributed by atoms with Gasteiger partial charge in [0.15, 0.2) is 16.9 Å². The molecule has 0 spiro atoms. The lowest BCUT2D eigenvalue weighted by atomic mass is 9.97. The average Bonchev–Trinajstić information content (AvgIpc) is 3.04. The molecule has 7 heteroatoms. The number of fused-ring (bicyclic) bond motifs is 2. The van der Waals surface area contributed by atoms with Gasteiger partial charge in [0, 0.05) is 13.2 Å². The number of phenols is 1. The van der Waals surface area contributed by atoms with Crippen molar-refractivity contribution in [3.05, 3.63) is 69.1 Å². The molecule has 0 radical (unpaired) electrons. The second-order valence-electron chi connectivity index (χ2n) is 8.28. The second kappa shape index (κ2) is 8.67. The summed E-state index contributed by atoms with van der Waals surface area (Å²) in [5, 5.41) is 10.5. The topological polar surface area (TPSA) is 89.2 Å². The molecule has 0 bridgehead atoms. The molecular weight excluding hydrogens is 410 g/mol. The van der Waals surface area contributed by atoms with Crippen molar-refractivity contribution in [1.82, 2.24) is 4.90 Å². The zero-order chi connectivity index (χ0) is 23.0. The van der Waals surface area contributed by atoms with Crippen LogP contribution >= 0.6 is 0 Å². The fourth-order valence-electron chi connectivity index (χ4n) is 4.13. The quantitative estimate of drug-likeness (QED) is 0.558. The number of hydrogen-bond acceptors (Lipinski definition) is 6. The number of rotatable bonds is 7. The minimum absolute atomic E-state index is 0.0150. The van der Waals surface area contributed by atoms with E-state index in [1.54, 1.807) is 29.2 Å². The zero-order valence-electron chi connectivity index (χ0n) is 18.7. The van der Waals surface area contributed by atoms with Gasteiger partial charge in [-0.2, -0.15) is 0 Å². The fraction of sp³-hybridized carbons (Fsp3) is 0.360. The van der Waals surface area contributed by atoms with Crippen LogP contribution in [0.4, 0.5) is 0 Å². The molecule has 0 saturated heterocycles. The van der Waals surface area contributed by atoms with Crippen molar-refractivity contribution >= 4 is 16.9 Å². The Morgan fingerprint density at radius 1 is 1.16 bits per heavy atom. The van der Waals surface area contributed by atoms with Gasteiger partial charge in [-0.05, 0) is 57.0 Å². The van der Waals surface area contributed by atoms with E-state index in [-0.39, 0.29) is 34.7 Å². The third-order valence-corrected chi connectivity index (χ3v) is 5.64. The van der Waals surface area contributed by atoms with Gasteiger partial charge in [0.25, 0.3) is 5.91 Å². The van der Waals surface area contributed by atoms with Crippen LogP contribution in [0.2, 0.25) is 0 Å². The van der Waals surface area contributed by atoms with Crippen LogP contribution in [0.1, 0.15) is 53.6 Å². The van der Waals surface area contributed by atoms with Crippen molar-refractivity contribution in [3.63, 3.8) is 0 Å². The van der Waals surface area contributed by atoms with Gasteiger partial charge in [-0.3, -0.25) is 9.59 Å². The predicted molar refractivity (Wildman–Crippen MR) is 120 cm³/mol. The number of amides is 1. The Balaban J connectivity index is 1.85. The lowest BCUT2D eigenvalue weighted by molar-refractivity contribution is 0.0593. The van der Waals surface area contributed by atoms with Gasteiger partial charge in [0.2, 0.25) is 5.76 Å². The molecule has 4 rings (SSSR count). The smallest absolute Gasteiger partial charge is 0.290 e. The molecule has 0 saturated carbocycles. The molecule has 1 amide bonds. The minimum atomic E-state index is -0.646. The van der Waals surface area contributed by atoms with Gasteiger partial charge in [-0.15, -0.1) is 0 Å². The first-order valence-corrected chi connectivity index (χ1v) is 10.7. The van der Waals surface area contributed by atoms with E-state index >= 15 is 0 Å². The van der Waals surface area contributed by atoms with Crippen molar-refractivity contribution in [3.8, 4) is 11.5 Å². The van der Waals surface area contributed by atoms with Gasteiger partial charge in [-0.1, -0.05) is 17.7 Å². The summed E-state index contributed by atoms with van der Waals surface area (Å²) in [4.78, 5) is 28.5. The van der Waals surface area contributed by atoms with Gasteiger partial charge in [0.05, 0.1) is 30.2 Å². The molecule has 168 valence electrons. The summed E-state index contributed by atoms with van der Waals surface area (Å²) in [6.45, 7) is 6.70.